The second kappa shape index (κ2) is 8.28. The van der Waals surface area contributed by atoms with Crippen molar-refractivity contribution in [2.45, 2.75) is 24.0 Å². The molecule has 2 rings (SSSR count). The first kappa shape index (κ1) is 21.2. The Morgan fingerprint density at radius 1 is 1.11 bits per heavy atom. The lowest BCUT2D eigenvalue weighted by Gasteiger charge is -2.16. The third-order valence-corrected chi connectivity index (χ3v) is 5.48. The molecule has 0 aromatic heterocycles. The van der Waals surface area contributed by atoms with Gasteiger partial charge >= 0.3 is 6.18 Å². The van der Waals surface area contributed by atoms with Crippen LogP contribution >= 0.6 is 11.6 Å². The molecule has 2 N–H and O–H groups in total. The first-order chi connectivity index (χ1) is 12.5. The number of halogens is 4. The van der Waals surface area contributed by atoms with E-state index in [2.05, 4.69) is 4.72 Å². The maximum absolute atomic E-state index is 12.5. The third kappa shape index (κ3) is 5.95. The molecule has 5 nitrogen and oxygen atoms in total. The summed E-state index contributed by atoms with van der Waals surface area (Å²) in [5.41, 5.74) is 0.503. The van der Waals surface area contributed by atoms with Gasteiger partial charge in [0.05, 0.1) is 4.90 Å². The van der Waals surface area contributed by atoms with Gasteiger partial charge in [-0.25, -0.2) is 13.1 Å². The Hall–Kier alpha value is -2.10. The molecule has 0 bridgehead atoms. The van der Waals surface area contributed by atoms with Gasteiger partial charge in [0, 0.05) is 16.6 Å². The Labute approximate surface area is 159 Å². The highest BCUT2D eigenvalue weighted by Gasteiger charge is 2.28. The number of carbonyl (C=O) groups is 1. The monoisotopic (exact) mass is 420 g/mol. The molecular weight excluding hydrogens is 405 g/mol. The van der Waals surface area contributed by atoms with Crippen LogP contribution in [0.2, 0.25) is 5.02 Å². The SMILES string of the molecule is CC(NS(=O)(=O)c1ccc(C(=O)NCC(F)(F)F)cc1)c1ccccc1Cl. The van der Waals surface area contributed by atoms with E-state index in [-0.39, 0.29) is 10.5 Å². The Morgan fingerprint density at radius 3 is 2.26 bits per heavy atom. The van der Waals surface area contributed by atoms with Crippen LogP contribution in [0.3, 0.4) is 0 Å². The van der Waals surface area contributed by atoms with Gasteiger partial charge in [0.2, 0.25) is 10.0 Å². The first-order valence-corrected chi connectivity index (χ1v) is 9.57. The lowest BCUT2D eigenvalue weighted by atomic mass is 10.1. The lowest BCUT2D eigenvalue weighted by Crippen LogP contribution is -2.33. The average Bonchev–Trinajstić information content (AvgIpc) is 2.59. The standard InChI is InChI=1S/C17H16ClF3N2O3S/c1-11(14-4-2-3-5-15(14)18)23-27(25,26)13-8-6-12(7-9-13)16(24)22-10-17(19,20)21/h2-9,11,23H,10H2,1H3,(H,22,24). The Bertz CT molecular complexity index is 916. The number of rotatable bonds is 6. The normalized spacial score (nSPS) is 13.2. The fourth-order valence-corrected chi connectivity index (χ4v) is 3.78. The van der Waals surface area contributed by atoms with Crippen LogP contribution in [-0.4, -0.2) is 27.0 Å². The van der Waals surface area contributed by atoms with Gasteiger partial charge in [-0.1, -0.05) is 29.8 Å². The van der Waals surface area contributed by atoms with Crippen molar-refractivity contribution in [2.24, 2.45) is 0 Å². The summed E-state index contributed by atoms with van der Waals surface area (Å²) in [6.45, 7) is 0.153. The van der Waals surface area contributed by atoms with Gasteiger partial charge in [-0.2, -0.15) is 13.2 Å². The van der Waals surface area contributed by atoms with E-state index in [1.54, 1.807) is 36.5 Å². The summed E-state index contributed by atoms with van der Waals surface area (Å²) in [5.74, 6) is -0.950. The van der Waals surface area contributed by atoms with Gasteiger partial charge in [-0.3, -0.25) is 4.79 Å². The van der Waals surface area contributed by atoms with Crippen molar-refractivity contribution in [3.8, 4) is 0 Å². The minimum atomic E-state index is -4.53. The molecule has 0 saturated heterocycles. The van der Waals surface area contributed by atoms with Gasteiger partial charge in [0.25, 0.3) is 5.91 Å². The summed E-state index contributed by atoms with van der Waals surface area (Å²) in [7, 11) is -3.92. The largest absolute Gasteiger partial charge is 0.405 e. The molecule has 1 amide bonds. The van der Waals surface area contributed by atoms with Crippen LogP contribution in [0, 0.1) is 0 Å². The molecule has 2 aromatic carbocycles. The number of nitrogens with one attached hydrogen (secondary N) is 2. The lowest BCUT2D eigenvalue weighted by molar-refractivity contribution is -0.123. The van der Waals surface area contributed by atoms with Gasteiger partial charge in [-0.15, -0.1) is 0 Å². The molecule has 0 radical (unpaired) electrons. The minimum Gasteiger partial charge on any atom is -0.343 e. The predicted molar refractivity (Wildman–Crippen MR) is 95.0 cm³/mol. The fraction of sp³-hybridized carbons (Fsp3) is 0.235. The van der Waals surface area contributed by atoms with Gasteiger partial charge < -0.3 is 5.32 Å². The van der Waals surface area contributed by atoms with Crippen molar-refractivity contribution in [3.05, 3.63) is 64.7 Å². The number of sulfonamides is 1. The summed E-state index contributed by atoms with van der Waals surface area (Å²) in [6, 6.07) is 10.7. The van der Waals surface area contributed by atoms with Gasteiger partial charge in [0.15, 0.2) is 0 Å². The average molecular weight is 421 g/mol. The van der Waals surface area contributed by atoms with Gasteiger partial charge in [0.1, 0.15) is 6.54 Å². The van der Waals surface area contributed by atoms with Crippen molar-refractivity contribution < 1.29 is 26.4 Å². The summed E-state index contributed by atoms with van der Waals surface area (Å²) in [4.78, 5) is 11.5. The Balaban J connectivity index is 2.11. The van der Waals surface area contributed by atoms with E-state index in [9.17, 15) is 26.4 Å². The van der Waals surface area contributed by atoms with Crippen molar-refractivity contribution in [1.82, 2.24) is 10.0 Å². The summed E-state index contributed by atoms with van der Waals surface area (Å²) >= 11 is 6.05. The number of hydrogen-bond acceptors (Lipinski definition) is 3. The zero-order chi connectivity index (χ0) is 20.2. The van der Waals surface area contributed by atoms with Crippen molar-refractivity contribution in [1.29, 1.82) is 0 Å². The molecule has 0 fully saturated rings. The summed E-state index contributed by atoms with van der Waals surface area (Å²) in [5, 5.41) is 2.12. The highest BCUT2D eigenvalue weighted by molar-refractivity contribution is 7.89. The second-order valence-corrected chi connectivity index (χ2v) is 7.81. The van der Waals surface area contributed by atoms with Crippen LogP contribution in [0.15, 0.2) is 53.4 Å². The van der Waals surface area contributed by atoms with Crippen LogP contribution in [0.4, 0.5) is 13.2 Å². The number of benzene rings is 2. The maximum atomic E-state index is 12.5. The molecule has 0 spiro atoms. The quantitative estimate of drug-likeness (QED) is 0.748. The molecule has 1 unspecified atom stereocenters. The van der Waals surface area contributed by atoms with Crippen molar-refractivity contribution in [3.63, 3.8) is 0 Å². The predicted octanol–water partition coefficient (Wildman–Crippen LogP) is 3.67. The zero-order valence-electron chi connectivity index (χ0n) is 14.0. The Morgan fingerprint density at radius 2 is 1.70 bits per heavy atom. The number of carbonyl (C=O) groups excluding carboxylic acids is 1. The van der Waals surface area contributed by atoms with Crippen LogP contribution < -0.4 is 10.0 Å². The molecule has 0 aliphatic rings. The molecule has 2 aromatic rings. The van der Waals surface area contributed by atoms with E-state index in [4.69, 9.17) is 11.6 Å². The molecular formula is C17H16ClF3N2O3S. The van der Waals surface area contributed by atoms with E-state index in [0.29, 0.717) is 10.6 Å². The molecule has 10 heteroatoms. The molecule has 146 valence electrons. The molecule has 0 aliphatic carbocycles. The van der Waals surface area contributed by atoms with Crippen LogP contribution in [0.5, 0.6) is 0 Å². The fourth-order valence-electron chi connectivity index (χ4n) is 2.26. The summed E-state index contributed by atoms with van der Waals surface area (Å²) in [6.07, 6.45) is -4.53. The van der Waals surface area contributed by atoms with Crippen LogP contribution in [-0.2, 0) is 10.0 Å². The third-order valence-electron chi connectivity index (χ3n) is 3.58. The zero-order valence-corrected chi connectivity index (χ0v) is 15.6. The first-order valence-electron chi connectivity index (χ1n) is 7.71. The second-order valence-electron chi connectivity index (χ2n) is 5.69. The molecule has 0 saturated carbocycles. The summed E-state index contributed by atoms with van der Waals surface area (Å²) < 4.78 is 63.8. The molecule has 1 atom stereocenters. The number of alkyl halides is 3. The topological polar surface area (TPSA) is 75.3 Å². The molecule has 27 heavy (non-hydrogen) atoms. The van der Waals surface area contributed by atoms with E-state index in [0.717, 1.165) is 24.3 Å². The highest BCUT2D eigenvalue weighted by atomic mass is 35.5. The van der Waals surface area contributed by atoms with E-state index in [1.807, 2.05) is 0 Å². The van der Waals surface area contributed by atoms with Crippen molar-refractivity contribution in [2.75, 3.05) is 6.54 Å². The van der Waals surface area contributed by atoms with Crippen LogP contribution in [0.25, 0.3) is 0 Å². The highest BCUT2D eigenvalue weighted by Crippen LogP contribution is 2.24. The molecule has 0 aliphatic heterocycles. The molecule has 0 heterocycles. The van der Waals surface area contributed by atoms with Crippen LogP contribution in [0.1, 0.15) is 28.9 Å². The van der Waals surface area contributed by atoms with E-state index in [1.165, 1.54) is 0 Å². The minimum absolute atomic E-state index is 0.0858. The van der Waals surface area contributed by atoms with Gasteiger partial charge in [-0.05, 0) is 42.8 Å². The number of amides is 1. The van der Waals surface area contributed by atoms with E-state index >= 15 is 0 Å². The smallest absolute Gasteiger partial charge is 0.343 e. The van der Waals surface area contributed by atoms with E-state index < -0.39 is 34.7 Å². The number of hydrogen-bond donors (Lipinski definition) is 2. The van der Waals surface area contributed by atoms with Crippen molar-refractivity contribution >= 4 is 27.5 Å². The Kier molecular flexibility index (Phi) is 6.50. The maximum Gasteiger partial charge on any atom is 0.405 e.